The third kappa shape index (κ3) is 2.86. The Morgan fingerprint density at radius 3 is 2.72 bits per heavy atom. The number of benzene rings is 1. The quantitative estimate of drug-likeness (QED) is 0.881. The van der Waals surface area contributed by atoms with Crippen LogP contribution in [0.5, 0.6) is 0 Å². The van der Waals surface area contributed by atoms with Gasteiger partial charge in [0.2, 0.25) is 0 Å². The molecule has 1 aromatic rings. The maximum Gasteiger partial charge on any atom is 0.139 e. The molecule has 0 amide bonds. The topological polar surface area (TPSA) is 26.0 Å². The van der Waals surface area contributed by atoms with Crippen LogP contribution in [0.4, 0.5) is 8.78 Å². The Bertz CT molecular complexity index is 434. The molecule has 1 nitrogen and oxygen atoms in total. The summed E-state index contributed by atoms with van der Waals surface area (Å²) in [5.41, 5.74) is 6.36. The summed E-state index contributed by atoms with van der Waals surface area (Å²) in [5, 5.41) is 0.203. The first-order valence-electron chi connectivity index (χ1n) is 6.27. The summed E-state index contributed by atoms with van der Waals surface area (Å²) in [5.74, 6) is -1.03. The first-order valence-corrected chi connectivity index (χ1v) is 7.15. The van der Waals surface area contributed by atoms with Crippen molar-refractivity contribution in [1.82, 2.24) is 0 Å². The summed E-state index contributed by atoms with van der Waals surface area (Å²) >= 11 is 1.44. The lowest BCUT2D eigenvalue weighted by molar-refractivity contribution is 0.208. The molecule has 1 aromatic carbocycles. The van der Waals surface area contributed by atoms with Crippen LogP contribution in [0.25, 0.3) is 0 Å². The molecule has 0 aromatic heterocycles. The molecule has 0 aliphatic heterocycles. The zero-order valence-corrected chi connectivity index (χ0v) is 11.6. The lowest BCUT2D eigenvalue weighted by Crippen LogP contribution is -2.48. The van der Waals surface area contributed by atoms with E-state index in [-0.39, 0.29) is 16.7 Å². The summed E-state index contributed by atoms with van der Waals surface area (Å²) in [6.45, 7) is 4.32. The van der Waals surface area contributed by atoms with Crippen molar-refractivity contribution in [1.29, 1.82) is 0 Å². The maximum absolute atomic E-state index is 13.6. The number of nitrogens with two attached hydrogens (primary N) is 1. The fourth-order valence-electron chi connectivity index (χ4n) is 2.47. The zero-order chi connectivity index (χ0) is 13.3. The highest BCUT2D eigenvalue weighted by Crippen LogP contribution is 2.42. The molecule has 1 fully saturated rings. The van der Waals surface area contributed by atoms with Crippen LogP contribution in [0.15, 0.2) is 23.1 Å². The van der Waals surface area contributed by atoms with Crippen molar-refractivity contribution in [2.45, 2.75) is 49.3 Å². The van der Waals surface area contributed by atoms with E-state index in [0.717, 1.165) is 25.3 Å². The molecule has 18 heavy (non-hydrogen) atoms. The average Bonchev–Trinajstić information content (AvgIpc) is 2.28. The lowest BCUT2D eigenvalue weighted by Gasteiger charge is -2.41. The van der Waals surface area contributed by atoms with E-state index in [1.54, 1.807) is 0 Å². The summed E-state index contributed by atoms with van der Waals surface area (Å²) < 4.78 is 26.5. The van der Waals surface area contributed by atoms with Crippen molar-refractivity contribution in [3.63, 3.8) is 0 Å². The van der Waals surface area contributed by atoms with Gasteiger partial charge in [-0.3, -0.25) is 0 Å². The normalized spacial score (nSPS) is 27.2. The van der Waals surface area contributed by atoms with E-state index in [1.807, 2.05) is 0 Å². The Balaban J connectivity index is 2.13. The molecule has 0 heterocycles. The van der Waals surface area contributed by atoms with Crippen molar-refractivity contribution in [3.05, 3.63) is 29.8 Å². The third-order valence-electron chi connectivity index (χ3n) is 3.78. The largest absolute Gasteiger partial charge is 0.326 e. The van der Waals surface area contributed by atoms with Gasteiger partial charge >= 0.3 is 0 Å². The van der Waals surface area contributed by atoms with Gasteiger partial charge in [-0.2, -0.15) is 0 Å². The Morgan fingerprint density at radius 2 is 2.06 bits per heavy atom. The van der Waals surface area contributed by atoms with Crippen LogP contribution in [-0.4, -0.2) is 11.3 Å². The summed E-state index contributed by atoms with van der Waals surface area (Å²) in [7, 11) is 0. The minimum Gasteiger partial charge on any atom is -0.326 e. The van der Waals surface area contributed by atoms with Crippen molar-refractivity contribution in [2.75, 3.05) is 0 Å². The molecule has 0 radical (unpaired) electrons. The average molecular weight is 271 g/mol. The SMILES string of the molecule is CC1(C)CCCC(Sc2ccc(F)cc2F)C1N. The number of hydrogen-bond acceptors (Lipinski definition) is 2. The second-order valence-corrected chi connectivity index (χ2v) is 6.92. The second kappa shape index (κ2) is 5.17. The Hall–Kier alpha value is -0.610. The lowest BCUT2D eigenvalue weighted by atomic mass is 9.73. The van der Waals surface area contributed by atoms with Gasteiger partial charge < -0.3 is 5.73 Å². The molecule has 4 heteroatoms. The van der Waals surface area contributed by atoms with Gasteiger partial charge in [0.1, 0.15) is 11.6 Å². The van der Waals surface area contributed by atoms with Crippen molar-refractivity contribution in [3.8, 4) is 0 Å². The van der Waals surface area contributed by atoms with Crippen LogP contribution in [0.2, 0.25) is 0 Å². The van der Waals surface area contributed by atoms with Crippen LogP contribution < -0.4 is 5.73 Å². The molecule has 1 aliphatic rings. The first kappa shape index (κ1) is 13.8. The summed E-state index contributed by atoms with van der Waals surface area (Å²) in [6, 6.07) is 3.77. The second-order valence-electron chi connectivity index (χ2n) is 5.64. The van der Waals surface area contributed by atoms with Crippen LogP contribution in [0, 0.1) is 17.0 Å². The number of hydrogen-bond donors (Lipinski definition) is 1. The van der Waals surface area contributed by atoms with Crippen molar-refractivity contribution in [2.24, 2.45) is 11.1 Å². The van der Waals surface area contributed by atoms with Crippen molar-refractivity contribution >= 4 is 11.8 Å². The Labute approximate surface area is 111 Å². The molecule has 2 unspecified atom stereocenters. The fourth-order valence-corrected chi connectivity index (χ4v) is 3.92. The van der Waals surface area contributed by atoms with Gasteiger partial charge in [0.05, 0.1) is 0 Å². The van der Waals surface area contributed by atoms with Gasteiger partial charge in [-0.15, -0.1) is 11.8 Å². The molecule has 100 valence electrons. The van der Waals surface area contributed by atoms with Gasteiger partial charge in [-0.05, 0) is 30.4 Å². The van der Waals surface area contributed by atoms with Gasteiger partial charge in [0.25, 0.3) is 0 Å². The smallest absolute Gasteiger partial charge is 0.139 e. The molecule has 2 N–H and O–H groups in total. The van der Waals surface area contributed by atoms with E-state index >= 15 is 0 Å². The van der Waals surface area contributed by atoms with Gasteiger partial charge in [0.15, 0.2) is 0 Å². The highest BCUT2D eigenvalue weighted by molar-refractivity contribution is 8.00. The zero-order valence-electron chi connectivity index (χ0n) is 10.7. The minimum absolute atomic E-state index is 0.0423. The Morgan fingerprint density at radius 1 is 1.33 bits per heavy atom. The molecular formula is C14H19F2NS. The monoisotopic (exact) mass is 271 g/mol. The van der Waals surface area contributed by atoms with Crippen LogP contribution in [0.1, 0.15) is 33.1 Å². The summed E-state index contributed by atoms with van der Waals surface area (Å²) in [6.07, 6.45) is 3.21. The number of rotatable bonds is 2. The molecule has 0 saturated heterocycles. The van der Waals surface area contributed by atoms with Gasteiger partial charge in [-0.25, -0.2) is 8.78 Å². The summed E-state index contributed by atoms with van der Waals surface area (Å²) in [4.78, 5) is 0.495. The molecular weight excluding hydrogens is 252 g/mol. The molecule has 2 atom stereocenters. The van der Waals surface area contributed by atoms with E-state index in [1.165, 1.54) is 23.9 Å². The molecule has 2 rings (SSSR count). The van der Waals surface area contributed by atoms with E-state index in [0.29, 0.717) is 4.90 Å². The standard InChI is InChI=1S/C14H19F2NS/c1-14(2)7-3-4-12(13(14)17)18-11-6-5-9(15)8-10(11)16/h5-6,8,12-13H,3-4,7,17H2,1-2H3. The van der Waals surface area contributed by atoms with Crippen LogP contribution >= 0.6 is 11.8 Å². The van der Waals surface area contributed by atoms with Crippen LogP contribution in [-0.2, 0) is 0 Å². The molecule has 0 spiro atoms. The molecule has 1 saturated carbocycles. The van der Waals surface area contributed by atoms with E-state index in [2.05, 4.69) is 13.8 Å². The number of thioether (sulfide) groups is 1. The fraction of sp³-hybridized carbons (Fsp3) is 0.571. The van der Waals surface area contributed by atoms with Crippen molar-refractivity contribution < 1.29 is 8.78 Å². The van der Waals surface area contributed by atoms with Gasteiger partial charge in [-0.1, -0.05) is 20.3 Å². The van der Waals surface area contributed by atoms with E-state index in [4.69, 9.17) is 5.73 Å². The minimum atomic E-state index is -0.537. The molecule has 0 bridgehead atoms. The highest BCUT2D eigenvalue weighted by Gasteiger charge is 2.37. The first-order chi connectivity index (χ1) is 8.40. The van der Waals surface area contributed by atoms with Crippen LogP contribution in [0.3, 0.4) is 0 Å². The van der Waals surface area contributed by atoms with E-state index < -0.39 is 11.6 Å². The molecule has 1 aliphatic carbocycles. The predicted octanol–water partition coefficient (Wildman–Crippen LogP) is 3.96. The third-order valence-corrected chi connectivity index (χ3v) is 5.20. The highest BCUT2D eigenvalue weighted by atomic mass is 32.2. The Kier molecular flexibility index (Phi) is 3.97. The maximum atomic E-state index is 13.6. The predicted molar refractivity (Wildman–Crippen MR) is 71.6 cm³/mol. The number of halogens is 2. The van der Waals surface area contributed by atoms with E-state index in [9.17, 15) is 8.78 Å². The van der Waals surface area contributed by atoms with Gasteiger partial charge in [0, 0.05) is 22.3 Å².